The Balaban J connectivity index is 2.59. The second kappa shape index (κ2) is 4.92. The molecule has 1 rings (SSSR count). The van der Waals surface area contributed by atoms with E-state index in [1.165, 1.54) is 24.3 Å². The first-order chi connectivity index (χ1) is 7.50. The van der Waals surface area contributed by atoms with E-state index < -0.39 is 4.92 Å². The van der Waals surface area contributed by atoms with Gasteiger partial charge in [0.2, 0.25) is 0 Å². The van der Waals surface area contributed by atoms with Gasteiger partial charge in [-0.2, -0.15) is 0 Å². The lowest BCUT2D eigenvalue weighted by Crippen LogP contribution is -2.29. The summed E-state index contributed by atoms with van der Waals surface area (Å²) in [6.45, 7) is 5.04. The summed E-state index contributed by atoms with van der Waals surface area (Å²) in [7, 11) is 0. The van der Waals surface area contributed by atoms with E-state index >= 15 is 0 Å². The van der Waals surface area contributed by atoms with Crippen LogP contribution in [0, 0.1) is 10.1 Å². The summed E-state index contributed by atoms with van der Waals surface area (Å²) in [5.74, 6) is -0.335. The van der Waals surface area contributed by atoms with Gasteiger partial charge >= 0.3 is 0 Å². The second-order valence-corrected chi connectivity index (χ2v) is 3.16. The van der Waals surface area contributed by atoms with Gasteiger partial charge < -0.3 is 0 Å². The molecule has 0 unspecified atom stereocenters. The number of carbonyl (C=O) groups excluding carboxylic acids is 1. The number of anilines is 1. The number of hydrogen-bond acceptors (Lipinski definition) is 4. The third-order valence-electron chi connectivity index (χ3n) is 1.79. The van der Waals surface area contributed by atoms with Gasteiger partial charge in [-0.3, -0.25) is 25.8 Å². The molecule has 2 N–H and O–H groups in total. The van der Waals surface area contributed by atoms with Crippen molar-refractivity contribution in [2.24, 2.45) is 0 Å². The first kappa shape index (κ1) is 11.7. The van der Waals surface area contributed by atoms with Crippen molar-refractivity contribution in [2.45, 2.75) is 6.92 Å². The zero-order valence-corrected chi connectivity index (χ0v) is 8.69. The largest absolute Gasteiger partial charge is 0.298 e. The van der Waals surface area contributed by atoms with Crippen molar-refractivity contribution in [1.82, 2.24) is 5.43 Å². The molecule has 0 fully saturated rings. The number of non-ortho nitro benzene ring substituents is 1. The average Bonchev–Trinajstić information content (AvgIpc) is 2.26. The van der Waals surface area contributed by atoms with E-state index in [9.17, 15) is 14.9 Å². The fourth-order valence-electron chi connectivity index (χ4n) is 0.902. The van der Waals surface area contributed by atoms with Crippen LogP contribution in [0.3, 0.4) is 0 Å². The lowest BCUT2D eigenvalue weighted by Gasteiger charge is -2.07. The number of amides is 1. The number of nitro benzene ring substituents is 1. The van der Waals surface area contributed by atoms with Crippen molar-refractivity contribution in [3.8, 4) is 0 Å². The van der Waals surface area contributed by atoms with E-state index in [-0.39, 0.29) is 11.6 Å². The molecule has 84 valence electrons. The Kier molecular flexibility index (Phi) is 3.60. The van der Waals surface area contributed by atoms with Crippen LogP contribution in [0.2, 0.25) is 0 Å². The highest BCUT2D eigenvalue weighted by Gasteiger charge is 2.04. The van der Waals surface area contributed by atoms with E-state index in [1.807, 2.05) is 0 Å². The monoisotopic (exact) mass is 221 g/mol. The van der Waals surface area contributed by atoms with Crippen LogP contribution in [0.25, 0.3) is 0 Å². The molecular weight excluding hydrogens is 210 g/mol. The van der Waals surface area contributed by atoms with Crippen LogP contribution in [0.15, 0.2) is 36.4 Å². The van der Waals surface area contributed by atoms with E-state index in [0.29, 0.717) is 11.3 Å². The quantitative estimate of drug-likeness (QED) is 0.459. The van der Waals surface area contributed by atoms with Crippen LogP contribution in [-0.4, -0.2) is 10.8 Å². The highest BCUT2D eigenvalue weighted by Crippen LogP contribution is 2.14. The van der Waals surface area contributed by atoms with Gasteiger partial charge in [-0.05, 0) is 19.1 Å². The number of benzene rings is 1. The smallest absolute Gasteiger partial charge is 0.269 e. The van der Waals surface area contributed by atoms with Crippen LogP contribution >= 0.6 is 0 Å². The third-order valence-corrected chi connectivity index (χ3v) is 1.79. The van der Waals surface area contributed by atoms with Gasteiger partial charge in [0.15, 0.2) is 0 Å². The third kappa shape index (κ3) is 3.09. The Morgan fingerprint density at radius 3 is 2.38 bits per heavy atom. The van der Waals surface area contributed by atoms with Crippen LogP contribution in [0.1, 0.15) is 6.92 Å². The van der Waals surface area contributed by atoms with Crippen molar-refractivity contribution in [3.63, 3.8) is 0 Å². The number of carbonyl (C=O) groups is 1. The van der Waals surface area contributed by atoms with E-state index in [4.69, 9.17) is 0 Å². The van der Waals surface area contributed by atoms with Crippen molar-refractivity contribution in [1.29, 1.82) is 0 Å². The predicted molar refractivity (Wildman–Crippen MR) is 59.7 cm³/mol. The maximum Gasteiger partial charge on any atom is 0.269 e. The van der Waals surface area contributed by atoms with Gasteiger partial charge in [-0.1, -0.05) is 6.58 Å². The maximum atomic E-state index is 11.1. The lowest BCUT2D eigenvalue weighted by atomic mass is 10.3. The molecule has 0 aliphatic rings. The van der Waals surface area contributed by atoms with Crippen LogP contribution < -0.4 is 10.9 Å². The van der Waals surface area contributed by atoms with Gasteiger partial charge in [0, 0.05) is 17.7 Å². The SMILES string of the molecule is C=C(C)C(=O)NNc1ccc([N+](=O)[O-])cc1. The predicted octanol–water partition coefficient (Wildman–Crippen LogP) is 1.61. The molecule has 0 radical (unpaired) electrons. The Hall–Kier alpha value is -2.37. The van der Waals surface area contributed by atoms with Crippen molar-refractivity contribution in [2.75, 3.05) is 5.43 Å². The van der Waals surface area contributed by atoms with Crippen LogP contribution in [0.5, 0.6) is 0 Å². The zero-order chi connectivity index (χ0) is 12.1. The number of nitrogens with one attached hydrogen (secondary N) is 2. The van der Waals surface area contributed by atoms with E-state index in [0.717, 1.165) is 0 Å². The minimum absolute atomic E-state index is 0.00298. The average molecular weight is 221 g/mol. The lowest BCUT2D eigenvalue weighted by molar-refractivity contribution is -0.384. The minimum atomic E-state index is -0.490. The molecule has 0 aliphatic heterocycles. The minimum Gasteiger partial charge on any atom is -0.298 e. The van der Waals surface area contributed by atoms with Gasteiger partial charge in [-0.15, -0.1) is 0 Å². The van der Waals surface area contributed by atoms with Gasteiger partial charge in [0.25, 0.3) is 11.6 Å². The molecule has 0 spiro atoms. The maximum absolute atomic E-state index is 11.1. The Morgan fingerprint density at radius 1 is 1.38 bits per heavy atom. The van der Waals surface area contributed by atoms with E-state index in [1.54, 1.807) is 6.92 Å². The Bertz CT molecular complexity index is 425. The number of nitro groups is 1. The number of rotatable bonds is 4. The molecular formula is C10H11N3O3. The second-order valence-electron chi connectivity index (χ2n) is 3.16. The Morgan fingerprint density at radius 2 is 1.94 bits per heavy atom. The molecule has 0 aliphatic carbocycles. The first-order valence-electron chi connectivity index (χ1n) is 4.47. The van der Waals surface area contributed by atoms with Gasteiger partial charge in [0.05, 0.1) is 10.6 Å². The molecule has 1 aromatic rings. The number of hydrazine groups is 1. The summed E-state index contributed by atoms with van der Waals surface area (Å²) >= 11 is 0. The molecule has 0 atom stereocenters. The van der Waals surface area contributed by atoms with Crippen LogP contribution in [0.4, 0.5) is 11.4 Å². The summed E-state index contributed by atoms with van der Waals surface area (Å²) in [4.78, 5) is 21.0. The molecule has 6 nitrogen and oxygen atoms in total. The fraction of sp³-hybridized carbons (Fsp3) is 0.100. The molecule has 6 heteroatoms. The summed E-state index contributed by atoms with van der Waals surface area (Å²) in [6.07, 6.45) is 0. The highest BCUT2D eigenvalue weighted by atomic mass is 16.6. The molecule has 16 heavy (non-hydrogen) atoms. The normalized spacial score (nSPS) is 9.31. The molecule has 0 bridgehead atoms. The van der Waals surface area contributed by atoms with Gasteiger partial charge in [0.1, 0.15) is 0 Å². The molecule has 0 heterocycles. The number of nitrogens with zero attached hydrogens (tertiary/aromatic N) is 1. The highest BCUT2D eigenvalue weighted by molar-refractivity contribution is 5.92. The zero-order valence-electron chi connectivity index (χ0n) is 8.69. The van der Waals surface area contributed by atoms with Crippen molar-refractivity contribution >= 4 is 17.3 Å². The first-order valence-corrected chi connectivity index (χ1v) is 4.47. The summed E-state index contributed by atoms with van der Waals surface area (Å²) in [6, 6.07) is 5.68. The van der Waals surface area contributed by atoms with Crippen molar-refractivity contribution < 1.29 is 9.72 Å². The summed E-state index contributed by atoms with van der Waals surface area (Å²) in [5.41, 5.74) is 5.92. The number of hydrogen-bond donors (Lipinski definition) is 2. The van der Waals surface area contributed by atoms with Crippen molar-refractivity contribution in [3.05, 3.63) is 46.5 Å². The topological polar surface area (TPSA) is 84.3 Å². The summed E-state index contributed by atoms with van der Waals surface area (Å²) in [5, 5.41) is 10.4. The molecule has 1 amide bonds. The summed E-state index contributed by atoms with van der Waals surface area (Å²) < 4.78 is 0. The van der Waals surface area contributed by atoms with E-state index in [2.05, 4.69) is 17.4 Å². The standard InChI is InChI=1S/C10H11N3O3/c1-7(2)10(14)12-11-8-3-5-9(6-4-8)13(15)16/h3-6,11H,1H2,2H3,(H,12,14). The van der Waals surface area contributed by atoms with Crippen LogP contribution in [-0.2, 0) is 4.79 Å². The molecule has 1 aromatic carbocycles. The molecule has 0 saturated carbocycles. The molecule has 0 aromatic heterocycles. The van der Waals surface area contributed by atoms with Gasteiger partial charge in [-0.25, -0.2) is 0 Å². The Labute approximate surface area is 92.1 Å². The molecule has 0 saturated heterocycles. The fourth-order valence-corrected chi connectivity index (χ4v) is 0.902.